The van der Waals surface area contributed by atoms with Crippen LogP contribution in [0.15, 0.2) is 0 Å². The van der Waals surface area contributed by atoms with Gasteiger partial charge in [0.05, 0.1) is 13.1 Å². The van der Waals surface area contributed by atoms with Crippen LogP contribution in [-0.2, 0) is 0 Å². The zero-order chi connectivity index (χ0) is 10.6. The van der Waals surface area contributed by atoms with Crippen LogP contribution in [0.4, 0.5) is 8.78 Å². The molecule has 0 aromatic heterocycles. The second-order valence-electron chi connectivity index (χ2n) is 4.33. The highest BCUT2D eigenvalue weighted by molar-refractivity contribution is 4.82. The first-order valence-electron chi connectivity index (χ1n) is 5.34. The van der Waals surface area contributed by atoms with Gasteiger partial charge in [0, 0.05) is 13.1 Å². The average Bonchev–Trinajstić information content (AvgIpc) is 2.01. The summed E-state index contributed by atoms with van der Waals surface area (Å²) in [5, 5.41) is 2.76. The maximum absolute atomic E-state index is 13.2. The predicted octanol–water partition coefficient (Wildman–Crippen LogP) is 1.57. The lowest BCUT2D eigenvalue weighted by molar-refractivity contribution is -0.0557. The van der Waals surface area contributed by atoms with Crippen molar-refractivity contribution in [2.75, 3.05) is 32.7 Å². The summed E-state index contributed by atoms with van der Waals surface area (Å²) < 4.78 is 26.5. The molecule has 1 aliphatic rings. The third-order valence-corrected chi connectivity index (χ3v) is 2.41. The van der Waals surface area contributed by atoms with E-state index in [1.807, 2.05) is 11.8 Å². The Morgan fingerprint density at radius 2 is 2.07 bits per heavy atom. The van der Waals surface area contributed by atoms with E-state index in [1.54, 1.807) is 0 Å². The van der Waals surface area contributed by atoms with Crippen molar-refractivity contribution in [3.05, 3.63) is 0 Å². The highest BCUT2D eigenvalue weighted by Crippen LogP contribution is 2.21. The fourth-order valence-electron chi connectivity index (χ4n) is 1.79. The highest BCUT2D eigenvalue weighted by Gasteiger charge is 2.35. The summed E-state index contributed by atoms with van der Waals surface area (Å²) in [6.45, 7) is 6.10. The number of rotatable bonds is 6. The summed E-state index contributed by atoms with van der Waals surface area (Å²) in [4.78, 5) is 1.82. The largest absolute Gasteiger partial charge is 0.311 e. The molecule has 0 aromatic rings. The second kappa shape index (κ2) is 5.03. The third-order valence-electron chi connectivity index (χ3n) is 2.41. The SMILES string of the molecule is CCCNCC(F)(F)CN1CC(C)C1. The van der Waals surface area contributed by atoms with Crippen molar-refractivity contribution in [3.8, 4) is 0 Å². The monoisotopic (exact) mass is 206 g/mol. The van der Waals surface area contributed by atoms with Gasteiger partial charge in [-0.3, -0.25) is 4.90 Å². The van der Waals surface area contributed by atoms with Crippen LogP contribution in [0.2, 0.25) is 0 Å². The van der Waals surface area contributed by atoms with Crippen LogP contribution in [0.25, 0.3) is 0 Å². The first kappa shape index (κ1) is 11.9. The summed E-state index contributed by atoms with van der Waals surface area (Å²) in [6, 6.07) is 0. The molecule has 2 nitrogen and oxygen atoms in total. The van der Waals surface area contributed by atoms with Crippen molar-refractivity contribution >= 4 is 0 Å². The summed E-state index contributed by atoms with van der Waals surface area (Å²) in [5.74, 6) is -1.98. The molecule has 0 aliphatic carbocycles. The molecule has 0 unspecified atom stereocenters. The molecule has 84 valence electrons. The van der Waals surface area contributed by atoms with Crippen LogP contribution in [0.5, 0.6) is 0 Å². The van der Waals surface area contributed by atoms with Crippen molar-refractivity contribution in [2.24, 2.45) is 5.92 Å². The molecule has 0 saturated carbocycles. The number of nitrogens with one attached hydrogen (secondary N) is 1. The quantitative estimate of drug-likeness (QED) is 0.664. The van der Waals surface area contributed by atoms with Crippen LogP contribution < -0.4 is 5.32 Å². The topological polar surface area (TPSA) is 15.3 Å². The van der Waals surface area contributed by atoms with E-state index < -0.39 is 5.92 Å². The molecule has 14 heavy (non-hydrogen) atoms. The zero-order valence-corrected chi connectivity index (χ0v) is 9.02. The van der Waals surface area contributed by atoms with Gasteiger partial charge in [-0.2, -0.15) is 0 Å². The van der Waals surface area contributed by atoms with Crippen LogP contribution in [0.3, 0.4) is 0 Å². The normalized spacial score (nSPS) is 19.7. The van der Waals surface area contributed by atoms with Gasteiger partial charge in [0.2, 0.25) is 0 Å². The molecule has 1 aliphatic heterocycles. The Morgan fingerprint density at radius 3 is 2.57 bits per heavy atom. The first-order valence-corrected chi connectivity index (χ1v) is 5.34. The van der Waals surface area contributed by atoms with Crippen LogP contribution in [-0.4, -0.2) is 43.5 Å². The van der Waals surface area contributed by atoms with Crippen molar-refractivity contribution in [1.82, 2.24) is 10.2 Å². The Kier molecular flexibility index (Phi) is 4.26. The molecule has 1 N–H and O–H groups in total. The van der Waals surface area contributed by atoms with Gasteiger partial charge < -0.3 is 5.32 Å². The van der Waals surface area contributed by atoms with E-state index in [0.717, 1.165) is 19.5 Å². The fraction of sp³-hybridized carbons (Fsp3) is 1.00. The Labute approximate surface area is 84.7 Å². The third kappa shape index (κ3) is 3.88. The number of alkyl halides is 2. The number of halogens is 2. The lowest BCUT2D eigenvalue weighted by Gasteiger charge is -2.39. The molecule has 1 saturated heterocycles. The molecule has 1 heterocycles. The molecule has 0 radical (unpaired) electrons. The van der Waals surface area contributed by atoms with E-state index in [0.29, 0.717) is 12.5 Å². The minimum atomic E-state index is -2.57. The smallest absolute Gasteiger partial charge is 0.272 e. The zero-order valence-electron chi connectivity index (χ0n) is 9.02. The number of hydrogen-bond acceptors (Lipinski definition) is 2. The van der Waals surface area contributed by atoms with E-state index in [2.05, 4.69) is 12.2 Å². The van der Waals surface area contributed by atoms with E-state index in [4.69, 9.17) is 0 Å². The lowest BCUT2D eigenvalue weighted by atomic mass is 10.0. The van der Waals surface area contributed by atoms with Crippen molar-refractivity contribution < 1.29 is 8.78 Å². The van der Waals surface area contributed by atoms with Gasteiger partial charge in [0.15, 0.2) is 0 Å². The molecule has 0 aromatic carbocycles. The Morgan fingerprint density at radius 1 is 1.43 bits per heavy atom. The van der Waals surface area contributed by atoms with E-state index in [9.17, 15) is 8.78 Å². The van der Waals surface area contributed by atoms with Gasteiger partial charge >= 0.3 is 0 Å². The minimum absolute atomic E-state index is 0.0892. The predicted molar refractivity (Wildman–Crippen MR) is 53.7 cm³/mol. The molecular formula is C10H20F2N2. The van der Waals surface area contributed by atoms with Gasteiger partial charge in [0.1, 0.15) is 0 Å². The molecule has 0 atom stereocenters. The molecule has 1 rings (SSSR count). The second-order valence-corrected chi connectivity index (χ2v) is 4.33. The van der Waals surface area contributed by atoms with Crippen molar-refractivity contribution in [1.29, 1.82) is 0 Å². The average molecular weight is 206 g/mol. The summed E-state index contributed by atoms with van der Waals surface area (Å²) in [7, 11) is 0. The molecule has 1 fully saturated rings. The number of nitrogens with zero attached hydrogens (tertiary/aromatic N) is 1. The molecular weight excluding hydrogens is 186 g/mol. The maximum Gasteiger partial charge on any atom is 0.272 e. The minimum Gasteiger partial charge on any atom is -0.311 e. The van der Waals surface area contributed by atoms with Crippen molar-refractivity contribution in [3.63, 3.8) is 0 Å². The van der Waals surface area contributed by atoms with E-state index in [-0.39, 0.29) is 13.1 Å². The van der Waals surface area contributed by atoms with Crippen LogP contribution in [0, 0.1) is 5.92 Å². The lowest BCUT2D eigenvalue weighted by Crippen LogP contribution is -2.52. The van der Waals surface area contributed by atoms with Gasteiger partial charge in [0.25, 0.3) is 5.92 Å². The van der Waals surface area contributed by atoms with Crippen LogP contribution >= 0.6 is 0 Å². The van der Waals surface area contributed by atoms with Gasteiger partial charge in [-0.25, -0.2) is 8.78 Å². The summed E-state index contributed by atoms with van der Waals surface area (Å²) in [6.07, 6.45) is 0.900. The first-order chi connectivity index (χ1) is 6.53. The standard InChI is InChI=1S/C10H20F2N2/c1-3-4-13-7-10(11,12)8-14-5-9(2)6-14/h9,13H,3-8H2,1-2H3. The van der Waals surface area contributed by atoms with Gasteiger partial charge in [-0.1, -0.05) is 13.8 Å². The number of likely N-dealkylation sites (tertiary alicyclic amines) is 1. The molecule has 4 heteroatoms. The molecule has 0 bridgehead atoms. The van der Waals surface area contributed by atoms with E-state index >= 15 is 0 Å². The molecule has 0 amide bonds. The molecule has 0 spiro atoms. The summed E-state index contributed by atoms with van der Waals surface area (Å²) in [5.41, 5.74) is 0. The van der Waals surface area contributed by atoms with Crippen molar-refractivity contribution in [2.45, 2.75) is 26.2 Å². The van der Waals surface area contributed by atoms with Gasteiger partial charge in [-0.05, 0) is 18.9 Å². The fourth-order valence-corrected chi connectivity index (χ4v) is 1.79. The van der Waals surface area contributed by atoms with E-state index in [1.165, 1.54) is 0 Å². The highest BCUT2D eigenvalue weighted by atomic mass is 19.3. The Bertz CT molecular complexity index is 168. The maximum atomic E-state index is 13.2. The van der Waals surface area contributed by atoms with Crippen LogP contribution in [0.1, 0.15) is 20.3 Å². The Hall–Kier alpha value is -0.220. The summed E-state index contributed by atoms with van der Waals surface area (Å²) >= 11 is 0. The number of hydrogen-bond donors (Lipinski definition) is 1. The Balaban J connectivity index is 2.13. The van der Waals surface area contributed by atoms with Gasteiger partial charge in [-0.15, -0.1) is 0 Å².